The number of amides is 2. The van der Waals surface area contributed by atoms with E-state index in [9.17, 15) is 57.9 Å². The molecule has 3 rings (SSSR count). The van der Waals surface area contributed by atoms with Crippen molar-refractivity contribution in [1.82, 2.24) is 30.2 Å². The zero-order chi connectivity index (χ0) is 51.1. The van der Waals surface area contributed by atoms with E-state index in [2.05, 4.69) is 74.7 Å². The Bertz CT molecular complexity index is 2170. The molecule has 0 aromatic carbocycles. The van der Waals surface area contributed by atoms with Gasteiger partial charge in [0.1, 0.15) is 36.3 Å². The van der Waals surface area contributed by atoms with E-state index in [1.165, 1.54) is 52.0 Å². The number of hydrogen-bond acceptors (Lipinski definition) is 22. The number of unbranched alkanes of at least 4 members (excludes halogenated alkanes) is 9. The molecule has 1 saturated heterocycles. The molecule has 7 atom stereocenters. The zero-order valence-corrected chi connectivity index (χ0v) is 42.4. The van der Waals surface area contributed by atoms with E-state index >= 15 is 0 Å². The van der Waals surface area contributed by atoms with Crippen LogP contribution in [0.15, 0.2) is 49.1 Å². The molecule has 2 aromatic heterocycles. The van der Waals surface area contributed by atoms with Crippen molar-refractivity contribution >= 4 is 69.1 Å². The molecule has 0 saturated carbocycles. The molecule has 390 valence electrons. The lowest BCUT2D eigenvalue weighted by Gasteiger charge is -2.36. The largest absolute Gasteiger partial charge is 0.790 e. The number of thioether (sulfide) groups is 1. The first-order valence-corrected chi connectivity index (χ1v) is 27.9. The Balaban J connectivity index is 1.30. The standard InChI is InChI=1S/C41H68N7O17P3S/c1-4-5-6-7-8-9-10-11-12-13-14-15-16-17-18-19-20-21-32(50)69-25-24-43-31(49)22-23-44-39(53)36(52)41(2,3)27-62-68(59,60)65-67(57,58)61-26-30-35(64-66(54,55)56)34(51)40(63-30)48-29-47-33-37(42)45-28-46-38(33)48/h8-9,11-12,20-21,28-30,34-36,40,51-52H,4-7,10,13-19,22-27H2,1-3H3,(H,43,49)(H,44,53)(H,57,58)(H,59,60)(H2,42,45,46)(H2,54,55,56)/p-4/b9-8-,12-11-,21-20+/t30-,34-,35-,36+,40-/m1/s1. The van der Waals surface area contributed by atoms with Crippen LogP contribution in [0.1, 0.15) is 110 Å². The topological polar surface area (TPSA) is 375 Å². The summed E-state index contributed by atoms with van der Waals surface area (Å²) in [5.41, 5.74) is 4.08. The number of ether oxygens (including phenoxy) is 1. The SMILES string of the molecule is CCCCC/C=C\C/C=C\CCCCCCC/C=C/C(=O)SCCNC(=O)CCNC(=O)[C@H](O)C(C)(C)COP(=O)([O-])OP(=O)([O-])OC[C@H]1O[C@@H](n2cnc3c(N)ncnc32)[C@H](O)[C@@H]1OP(=O)([O-])[O-]. The molecule has 6 N–H and O–H groups in total. The van der Waals surface area contributed by atoms with Gasteiger partial charge in [0, 0.05) is 30.7 Å². The van der Waals surface area contributed by atoms with Gasteiger partial charge in [0.05, 0.1) is 27.4 Å². The van der Waals surface area contributed by atoms with Crippen LogP contribution in [0.3, 0.4) is 0 Å². The number of aliphatic hydroxyl groups is 2. The minimum Gasteiger partial charge on any atom is -0.790 e. The fraction of sp³-hybridized carbons (Fsp3) is 0.659. The predicted octanol–water partition coefficient (Wildman–Crippen LogP) is 2.51. The summed E-state index contributed by atoms with van der Waals surface area (Å²) in [7, 11) is -17.6. The van der Waals surface area contributed by atoms with Gasteiger partial charge in [0.2, 0.25) is 16.9 Å². The van der Waals surface area contributed by atoms with E-state index in [0.29, 0.717) is 5.75 Å². The van der Waals surface area contributed by atoms with Crippen molar-refractivity contribution in [1.29, 1.82) is 0 Å². The Morgan fingerprint density at radius 2 is 1.55 bits per heavy atom. The Hall–Kier alpha value is -3.22. The molecular weight excluding hydrogens is 987 g/mol. The third kappa shape index (κ3) is 22.8. The number of anilines is 1. The maximum atomic E-state index is 12.6. The minimum absolute atomic E-state index is 0.0207. The van der Waals surface area contributed by atoms with Crippen molar-refractivity contribution in [3.63, 3.8) is 0 Å². The second-order valence-corrected chi connectivity index (χ2v) is 21.7. The number of phosphoric ester groups is 3. The first-order valence-electron chi connectivity index (χ1n) is 22.5. The van der Waals surface area contributed by atoms with Crippen LogP contribution in [0.4, 0.5) is 5.82 Å². The third-order valence-electron chi connectivity index (χ3n) is 10.3. The molecule has 24 nitrogen and oxygen atoms in total. The highest BCUT2D eigenvalue weighted by Crippen LogP contribution is 2.56. The molecule has 0 radical (unpaired) electrons. The van der Waals surface area contributed by atoms with Gasteiger partial charge in [-0.1, -0.05) is 95.0 Å². The number of nitrogens with one attached hydrogen (secondary N) is 2. The van der Waals surface area contributed by atoms with E-state index in [4.69, 9.17) is 10.5 Å². The smallest absolute Gasteiger partial charge is 0.274 e. The van der Waals surface area contributed by atoms with Crippen LogP contribution in [0.2, 0.25) is 0 Å². The third-order valence-corrected chi connectivity index (χ3v) is 14.1. The number of nitrogens with two attached hydrogens (primary N) is 1. The second kappa shape index (κ2) is 30.0. The first-order chi connectivity index (χ1) is 32.6. The van der Waals surface area contributed by atoms with Crippen molar-refractivity contribution in [2.45, 2.75) is 135 Å². The van der Waals surface area contributed by atoms with E-state index < -0.39 is 84.6 Å². The number of allylic oxidation sites excluding steroid dienone is 5. The number of hydrogen-bond donors (Lipinski definition) is 5. The van der Waals surface area contributed by atoms with Gasteiger partial charge < -0.3 is 69.0 Å². The van der Waals surface area contributed by atoms with Crippen molar-refractivity contribution in [3.8, 4) is 0 Å². The average Bonchev–Trinajstić information content (AvgIpc) is 3.84. The summed E-state index contributed by atoms with van der Waals surface area (Å²) in [6.07, 6.45) is 18.2. The zero-order valence-electron chi connectivity index (χ0n) is 38.9. The van der Waals surface area contributed by atoms with E-state index in [1.807, 2.05) is 6.08 Å². The number of rotatable bonds is 34. The van der Waals surface area contributed by atoms with Crippen LogP contribution >= 0.6 is 35.2 Å². The Morgan fingerprint density at radius 3 is 2.22 bits per heavy atom. The number of aliphatic hydroxyl groups excluding tert-OH is 2. The summed E-state index contributed by atoms with van der Waals surface area (Å²) in [6.45, 7) is 2.31. The number of imidazole rings is 1. The van der Waals surface area contributed by atoms with Crippen LogP contribution in [0.25, 0.3) is 11.2 Å². The van der Waals surface area contributed by atoms with Gasteiger partial charge in [-0.05, 0) is 51.0 Å². The van der Waals surface area contributed by atoms with E-state index in [-0.39, 0.29) is 41.6 Å². The summed E-state index contributed by atoms with van der Waals surface area (Å²) >= 11 is 1.05. The maximum Gasteiger partial charge on any atom is 0.274 e. The van der Waals surface area contributed by atoms with Gasteiger partial charge in [0.15, 0.2) is 17.7 Å². The summed E-state index contributed by atoms with van der Waals surface area (Å²) < 4.78 is 60.8. The Kier molecular flexibility index (Phi) is 26.1. The van der Waals surface area contributed by atoms with Crippen LogP contribution in [-0.4, -0.2) is 103 Å². The van der Waals surface area contributed by atoms with Crippen molar-refractivity contribution in [2.75, 3.05) is 37.8 Å². The quantitative estimate of drug-likeness (QED) is 0.0291. The molecule has 28 heteroatoms. The molecule has 3 heterocycles. The van der Waals surface area contributed by atoms with Crippen LogP contribution in [-0.2, 0) is 50.7 Å². The molecule has 69 heavy (non-hydrogen) atoms. The predicted molar refractivity (Wildman–Crippen MR) is 247 cm³/mol. The minimum atomic E-state index is -5.92. The van der Waals surface area contributed by atoms with Gasteiger partial charge in [-0.2, -0.15) is 0 Å². The molecule has 1 aliphatic heterocycles. The highest BCUT2D eigenvalue weighted by atomic mass is 32.2. The molecule has 2 aromatic rings. The van der Waals surface area contributed by atoms with Crippen LogP contribution < -0.4 is 35.9 Å². The number of aromatic nitrogens is 4. The maximum absolute atomic E-state index is 12.6. The lowest BCUT2D eigenvalue weighted by Crippen LogP contribution is -2.46. The van der Waals surface area contributed by atoms with E-state index in [0.717, 1.165) is 73.9 Å². The lowest BCUT2D eigenvalue weighted by atomic mass is 9.87. The molecular formula is C41H64N7O17P3S-4. The Morgan fingerprint density at radius 1 is 0.913 bits per heavy atom. The molecule has 2 amide bonds. The number of carbonyl (C=O) groups is 3. The van der Waals surface area contributed by atoms with Gasteiger partial charge in [-0.3, -0.25) is 28.1 Å². The van der Waals surface area contributed by atoms with Gasteiger partial charge in [-0.15, -0.1) is 0 Å². The number of carbonyl (C=O) groups excluding carboxylic acids is 3. The van der Waals surface area contributed by atoms with Crippen molar-refractivity contribution in [3.05, 3.63) is 49.1 Å². The van der Waals surface area contributed by atoms with Gasteiger partial charge in [0.25, 0.3) is 15.6 Å². The molecule has 0 spiro atoms. The van der Waals surface area contributed by atoms with Crippen LogP contribution in [0, 0.1) is 5.41 Å². The second-order valence-electron chi connectivity index (χ2n) is 16.6. The highest BCUT2D eigenvalue weighted by molar-refractivity contribution is 8.14. The van der Waals surface area contributed by atoms with Gasteiger partial charge >= 0.3 is 0 Å². The summed E-state index contributed by atoms with van der Waals surface area (Å²) in [6, 6.07) is 0. The average molecular weight is 1050 g/mol. The Labute approximate surface area is 405 Å². The molecule has 1 aliphatic rings. The van der Waals surface area contributed by atoms with Crippen molar-refractivity contribution in [2.24, 2.45) is 5.41 Å². The van der Waals surface area contributed by atoms with Gasteiger partial charge in [-0.25, -0.2) is 19.3 Å². The number of nitrogens with zero attached hydrogens (tertiary/aromatic N) is 4. The fourth-order valence-corrected chi connectivity index (χ4v) is 9.89. The lowest BCUT2D eigenvalue weighted by molar-refractivity contribution is -0.347. The summed E-state index contributed by atoms with van der Waals surface area (Å²) in [5.74, 6) is -1.22. The van der Waals surface area contributed by atoms with Crippen molar-refractivity contribution < 1.29 is 80.5 Å². The van der Waals surface area contributed by atoms with E-state index in [1.54, 1.807) is 0 Å². The molecule has 0 aliphatic carbocycles. The number of fused-ring (bicyclic) bond motifs is 1. The number of nitrogen functional groups attached to an aromatic ring is 1. The highest BCUT2D eigenvalue weighted by Gasteiger charge is 2.47. The monoisotopic (exact) mass is 1050 g/mol. The normalized spacial score (nSPS) is 20.2. The summed E-state index contributed by atoms with van der Waals surface area (Å²) in [5, 5.41) is 26.3. The summed E-state index contributed by atoms with van der Waals surface area (Å²) in [4.78, 5) is 96.8. The molecule has 1 fully saturated rings. The van der Waals surface area contributed by atoms with Crippen LogP contribution in [0.5, 0.6) is 0 Å². The molecule has 2 unspecified atom stereocenters. The molecule has 0 bridgehead atoms. The first kappa shape index (κ1) is 60.1. The number of phosphoric acid groups is 3. The fourth-order valence-electron chi connectivity index (χ4n) is 6.56.